The van der Waals surface area contributed by atoms with Gasteiger partial charge >= 0.3 is 0 Å². The molecule has 4 N–H and O–H groups in total. The molecule has 1 fully saturated rings. The fourth-order valence-electron chi connectivity index (χ4n) is 3.64. The summed E-state index contributed by atoms with van der Waals surface area (Å²) < 4.78 is 0. The van der Waals surface area contributed by atoms with E-state index in [0.717, 1.165) is 0 Å². The molecule has 1 atom stereocenters. The molecule has 3 heterocycles. The van der Waals surface area contributed by atoms with E-state index >= 15 is 0 Å². The predicted molar refractivity (Wildman–Crippen MR) is 110 cm³/mol. The summed E-state index contributed by atoms with van der Waals surface area (Å²) in [5.41, 5.74) is 6.67. The van der Waals surface area contributed by atoms with Gasteiger partial charge in [0, 0.05) is 11.2 Å². The van der Waals surface area contributed by atoms with E-state index in [1.807, 2.05) is 0 Å². The molecule has 0 radical (unpaired) electrons. The largest absolute Gasteiger partial charge is 0.346 e. The van der Waals surface area contributed by atoms with Crippen molar-refractivity contribution in [1.29, 1.82) is 5.26 Å². The second-order valence-corrected chi connectivity index (χ2v) is 7.54. The molecule has 1 unspecified atom stereocenters. The summed E-state index contributed by atoms with van der Waals surface area (Å²) >= 11 is 6.01. The standard InChI is InChI=1S/C20H20ClN7O/c21-14-3-1-13(2-4-14)16(11-22)28(19(29)20(23)6-9-24-10-7-20)18-15-5-8-25-17(15)26-12-27-18/h1-5,8,12,16,24H,6-7,9-10,23H2,(H,25,26,27). The van der Waals surface area contributed by atoms with Gasteiger partial charge in [-0.1, -0.05) is 23.7 Å². The average molecular weight is 410 g/mol. The number of nitrogens with two attached hydrogens (primary N) is 1. The van der Waals surface area contributed by atoms with Crippen molar-refractivity contribution in [2.45, 2.75) is 24.4 Å². The van der Waals surface area contributed by atoms with E-state index in [-0.39, 0.29) is 5.91 Å². The summed E-state index contributed by atoms with van der Waals surface area (Å²) in [5.74, 6) is 0.0211. The lowest BCUT2D eigenvalue weighted by Gasteiger charge is -2.38. The predicted octanol–water partition coefficient (Wildman–Crippen LogP) is 2.29. The number of rotatable bonds is 4. The Labute approximate surface area is 172 Å². The molecule has 8 nitrogen and oxygen atoms in total. The second-order valence-electron chi connectivity index (χ2n) is 7.10. The van der Waals surface area contributed by atoms with Crippen LogP contribution in [-0.2, 0) is 4.79 Å². The lowest BCUT2D eigenvalue weighted by molar-refractivity contribution is -0.125. The number of anilines is 1. The van der Waals surface area contributed by atoms with Crippen molar-refractivity contribution in [1.82, 2.24) is 20.3 Å². The van der Waals surface area contributed by atoms with Crippen LogP contribution in [0.15, 0.2) is 42.9 Å². The number of nitrogens with zero attached hydrogens (tertiary/aromatic N) is 4. The Morgan fingerprint density at radius 1 is 1.24 bits per heavy atom. The molecular formula is C20H20ClN7O. The molecule has 1 aliphatic rings. The maximum absolute atomic E-state index is 13.8. The van der Waals surface area contributed by atoms with Gasteiger partial charge in [0.25, 0.3) is 0 Å². The third-order valence-corrected chi connectivity index (χ3v) is 5.52. The van der Waals surface area contributed by atoms with Gasteiger partial charge in [0.1, 0.15) is 17.8 Å². The molecule has 0 spiro atoms. The molecule has 3 aromatic rings. The van der Waals surface area contributed by atoms with Crippen LogP contribution < -0.4 is 16.0 Å². The topological polar surface area (TPSA) is 124 Å². The molecule has 0 bridgehead atoms. The zero-order valence-electron chi connectivity index (χ0n) is 15.6. The minimum absolute atomic E-state index is 0.332. The van der Waals surface area contributed by atoms with Gasteiger partial charge in [-0.25, -0.2) is 9.97 Å². The van der Waals surface area contributed by atoms with Crippen molar-refractivity contribution < 1.29 is 4.79 Å². The average Bonchev–Trinajstić information content (AvgIpc) is 3.22. The van der Waals surface area contributed by atoms with Crippen molar-refractivity contribution in [3.8, 4) is 6.07 Å². The maximum atomic E-state index is 13.8. The summed E-state index contributed by atoms with van der Waals surface area (Å²) in [6.45, 7) is 1.27. The van der Waals surface area contributed by atoms with Crippen molar-refractivity contribution >= 4 is 34.4 Å². The first kappa shape index (κ1) is 19.3. The molecule has 1 saturated heterocycles. The highest BCUT2D eigenvalue weighted by atomic mass is 35.5. The third-order valence-electron chi connectivity index (χ3n) is 5.27. The maximum Gasteiger partial charge on any atom is 0.249 e. The lowest BCUT2D eigenvalue weighted by Crippen LogP contribution is -2.60. The molecular weight excluding hydrogens is 390 g/mol. The van der Waals surface area contributed by atoms with Crippen LogP contribution in [0.4, 0.5) is 5.82 Å². The highest BCUT2D eigenvalue weighted by Gasteiger charge is 2.43. The molecule has 148 valence electrons. The zero-order valence-corrected chi connectivity index (χ0v) is 16.4. The first-order valence-electron chi connectivity index (χ1n) is 9.30. The summed E-state index contributed by atoms with van der Waals surface area (Å²) in [5, 5.41) is 14.5. The zero-order chi connectivity index (χ0) is 20.4. The Morgan fingerprint density at radius 3 is 2.66 bits per heavy atom. The highest BCUT2D eigenvalue weighted by Crippen LogP contribution is 2.34. The number of nitriles is 1. The van der Waals surface area contributed by atoms with Crippen molar-refractivity contribution in [2.24, 2.45) is 5.73 Å². The van der Waals surface area contributed by atoms with Crippen LogP contribution >= 0.6 is 11.6 Å². The quantitative estimate of drug-likeness (QED) is 0.607. The van der Waals surface area contributed by atoms with Crippen LogP contribution in [0.25, 0.3) is 11.0 Å². The van der Waals surface area contributed by atoms with Gasteiger partial charge in [-0.3, -0.25) is 9.69 Å². The molecule has 0 aliphatic carbocycles. The second kappa shape index (κ2) is 7.79. The Kier molecular flexibility index (Phi) is 5.20. The molecule has 29 heavy (non-hydrogen) atoms. The number of halogens is 1. The van der Waals surface area contributed by atoms with Gasteiger partial charge in [-0.05, 0) is 49.7 Å². The Hall–Kier alpha value is -2.99. The number of aromatic nitrogens is 3. The number of aromatic amines is 1. The fraction of sp³-hybridized carbons (Fsp3) is 0.300. The van der Waals surface area contributed by atoms with Gasteiger partial charge < -0.3 is 16.0 Å². The number of amides is 1. The van der Waals surface area contributed by atoms with E-state index in [0.29, 0.717) is 53.4 Å². The number of carbonyl (C=O) groups excluding carboxylic acids is 1. The van der Waals surface area contributed by atoms with Crippen LogP contribution in [0.5, 0.6) is 0 Å². The van der Waals surface area contributed by atoms with E-state index in [4.69, 9.17) is 17.3 Å². The Bertz CT molecular complexity index is 1070. The number of carbonyl (C=O) groups is 1. The minimum atomic E-state index is -1.08. The molecule has 0 saturated carbocycles. The summed E-state index contributed by atoms with van der Waals surface area (Å²) in [7, 11) is 0. The first-order valence-corrected chi connectivity index (χ1v) is 9.68. The van der Waals surface area contributed by atoms with Crippen LogP contribution in [0.1, 0.15) is 24.4 Å². The Morgan fingerprint density at radius 2 is 1.97 bits per heavy atom. The van der Waals surface area contributed by atoms with Crippen LogP contribution in [-0.4, -0.2) is 39.5 Å². The van der Waals surface area contributed by atoms with E-state index in [9.17, 15) is 10.1 Å². The van der Waals surface area contributed by atoms with Gasteiger partial charge in [-0.2, -0.15) is 5.26 Å². The smallest absolute Gasteiger partial charge is 0.249 e. The molecule has 1 aromatic carbocycles. The van der Waals surface area contributed by atoms with E-state index in [1.165, 1.54) is 11.2 Å². The van der Waals surface area contributed by atoms with E-state index < -0.39 is 11.6 Å². The minimum Gasteiger partial charge on any atom is -0.346 e. The molecule has 2 aromatic heterocycles. The first-order chi connectivity index (χ1) is 14.0. The van der Waals surface area contributed by atoms with Crippen molar-refractivity contribution in [2.75, 3.05) is 18.0 Å². The normalized spacial score (nSPS) is 16.9. The molecule has 1 amide bonds. The Balaban J connectivity index is 1.87. The molecule has 1 aliphatic heterocycles. The lowest BCUT2D eigenvalue weighted by atomic mass is 9.87. The third kappa shape index (κ3) is 3.56. The molecule has 4 rings (SSSR count). The summed E-state index contributed by atoms with van der Waals surface area (Å²) in [6.07, 6.45) is 4.04. The molecule has 9 heteroatoms. The monoisotopic (exact) mass is 409 g/mol. The van der Waals surface area contributed by atoms with Gasteiger partial charge in [0.15, 0.2) is 6.04 Å². The van der Waals surface area contributed by atoms with Crippen LogP contribution in [0.2, 0.25) is 5.02 Å². The van der Waals surface area contributed by atoms with Crippen LogP contribution in [0, 0.1) is 11.3 Å². The number of benzene rings is 1. The number of H-pyrrole nitrogens is 1. The number of hydrogen-bond donors (Lipinski definition) is 3. The van der Waals surface area contributed by atoms with Crippen LogP contribution in [0.3, 0.4) is 0 Å². The number of hydrogen-bond acceptors (Lipinski definition) is 6. The van der Waals surface area contributed by atoms with Gasteiger partial charge in [0.2, 0.25) is 5.91 Å². The number of fused-ring (bicyclic) bond motifs is 1. The van der Waals surface area contributed by atoms with E-state index in [1.54, 1.807) is 36.5 Å². The van der Waals surface area contributed by atoms with Gasteiger partial charge in [0.05, 0.1) is 17.0 Å². The fourth-order valence-corrected chi connectivity index (χ4v) is 3.77. The van der Waals surface area contributed by atoms with Crippen molar-refractivity contribution in [3.05, 3.63) is 53.4 Å². The van der Waals surface area contributed by atoms with Crippen molar-refractivity contribution in [3.63, 3.8) is 0 Å². The highest BCUT2D eigenvalue weighted by molar-refractivity contribution is 6.30. The SMILES string of the molecule is N#CC(c1ccc(Cl)cc1)N(C(=O)C1(N)CCNCC1)c1ncnc2[nH]ccc12. The number of nitrogens with one attached hydrogen (secondary N) is 2. The number of piperidine rings is 1. The van der Waals surface area contributed by atoms with E-state index in [2.05, 4.69) is 26.3 Å². The summed E-state index contributed by atoms with van der Waals surface area (Å²) in [4.78, 5) is 26.7. The summed E-state index contributed by atoms with van der Waals surface area (Å²) in [6, 6.07) is 9.97. The van der Waals surface area contributed by atoms with Gasteiger partial charge in [-0.15, -0.1) is 0 Å².